The largest absolute Gasteiger partial charge is 1.00 e. The van der Waals surface area contributed by atoms with Gasteiger partial charge in [0.2, 0.25) is 0 Å². The predicted octanol–water partition coefficient (Wildman–Crippen LogP) is 2.38. The van der Waals surface area contributed by atoms with Crippen LogP contribution in [0.25, 0.3) is 0 Å². The summed E-state index contributed by atoms with van der Waals surface area (Å²) < 4.78 is 1.37. The highest BCUT2D eigenvalue weighted by Crippen LogP contribution is 2.16. The van der Waals surface area contributed by atoms with Gasteiger partial charge in [-0.25, -0.2) is 0 Å². The van der Waals surface area contributed by atoms with E-state index in [1.165, 1.54) is 82.0 Å². The average molecular weight is 448 g/mol. The molecule has 0 saturated heterocycles. The van der Waals surface area contributed by atoms with Gasteiger partial charge in [-0.2, -0.15) is 0 Å². The molecule has 0 aromatic rings. The summed E-state index contributed by atoms with van der Waals surface area (Å²) in [7, 11) is 0. The van der Waals surface area contributed by atoms with Crippen molar-refractivity contribution in [3.8, 4) is 0 Å². The van der Waals surface area contributed by atoms with E-state index in [-0.39, 0.29) is 24.0 Å². The summed E-state index contributed by atoms with van der Waals surface area (Å²) in [4.78, 5) is 0. The van der Waals surface area contributed by atoms with E-state index in [1.54, 1.807) is 0 Å². The Morgan fingerprint density at radius 1 is 0.632 bits per heavy atom. The van der Waals surface area contributed by atoms with Gasteiger partial charge < -0.3 is 28.5 Å². The monoisotopic (exact) mass is 447 g/mol. The first-order valence-electron chi connectivity index (χ1n) is 8.15. The van der Waals surface area contributed by atoms with Crippen molar-refractivity contribution >= 4 is 15.9 Å². The second-order valence-corrected chi connectivity index (χ2v) is 6.49. The fourth-order valence-electron chi connectivity index (χ4n) is 2.74. The highest BCUT2D eigenvalue weighted by Gasteiger charge is 2.24. The van der Waals surface area contributed by atoms with Crippen LogP contribution in [0.1, 0.15) is 72.1 Å². The molecule has 0 spiro atoms. The molecule has 1 nitrogen and oxygen atoms in total. The van der Waals surface area contributed by atoms with Crippen LogP contribution in [-0.4, -0.2) is 36.0 Å². The summed E-state index contributed by atoms with van der Waals surface area (Å²) in [6.45, 7) is 12.5. The number of halogens is 2. The van der Waals surface area contributed by atoms with Crippen LogP contribution in [0.3, 0.4) is 0 Å². The van der Waals surface area contributed by atoms with E-state index < -0.39 is 0 Å². The molecule has 3 heteroatoms. The molecule has 0 N–H and O–H groups in total. The molecule has 0 aromatic carbocycles. The maximum Gasteiger partial charge on any atom is 0.0885 e. The Bertz CT molecular complexity index is 166. The van der Waals surface area contributed by atoms with Gasteiger partial charge >= 0.3 is 0 Å². The van der Waals surface area contributed by atoms with Gasteiger partial charge in [0.1, 0.15) is 0 Å². The minimum Gasteiger partial charge on any atom is -1.00 e. The molecule has 0 aliphatic carbocycles. The van der Waals surface area contributed by atoms with Gasteiger partial charge in [-0.15, -0.1) is 0 Å². The smallest absolute Gasteiger partial charge is 0.0885 e. The number of nitrogens with zero attached hydrogens (tertiary/aromatic N) is 1. The number of alkyl halides is 1. The Balaban J connectivity index is 0. The lowest BCUT2D eigenvalue weighted by Crippen LogP contribution is -3.00. The van der Waals surface area contributed by atoms with Crippen LogP contribution in [0.15, 0.2) is 0 Å². The molecular weight excluding hydrogens is 413 g/mol. The maximum atomic E-state index is 3.68. The minimum absolute atomic E-state index is 0. The third-order valence-corrected chi connectivity index (χ3v) is 4.37. The highest BCUT2D eigenvalue weighted by atomic mass is 127. The van der Waals surface area contributed by atoms with Crippen LogP contribution >= 0.6 is 15.9 Å². The molecule has 0 aromatic heterocycles. The van der Waals surface area contributed by atoms with Gasteiger partial charge in [-0.05, 0) is 32.1 Å². The number of hydrogen-bond acceptors (Lipinski definition) is 0. The lowest BCUT2D eigenvalue weighted by Gasteiger charge is -2.39. The molecule has 118 valence electrons. The Kier molecular flexibility index (Phi) is 18.4. The van der Waals surface area contributed by atoms with E-state index in [2.05, 4.69) is 36.7 Å². The topological polar surface area (TPSA) is 0 Å². The zero-order valence-electron chi connectivity index (χ0n) is 13.4. The van der Waals surface area contributed by atoms with Gasteiger partial charge in [0.05, 0.1) is 31.5 Å². The second-order valence-electron chi connectivity index (χ2n) is 5.69. The number of quaternary nitrogens is 1. The second kappa shape index (κ2) is 15.6. The Morgan fingerprint density at radius 3 is 1.42 bits per heavy atom. The number of unbranched alkanes of at least 4 members (excludes halogenated alkanes) is 5. The van der Waals surface area contributed by atoms with Crippen molar-refractivity contribution in [1.29, 1.82) is 0 Å². The average Bonchev–Trinajstić information content (AvgIpc) is 2.37. The van der Waals surface area contributed by atoms with E-state index in [9.17, 15) is 0 Å². The molecule has 0 heterocycles. The number of rotatable bonds is 13. The fraction of sp³-hybridized carbons (Fsp3) is 1.00. The normalized spacial score (nSPS) is 11.4. The third kappa shape index (κ3) is 11.5. The van der Waals surface area contributed by atoms with E-state index in [4.69, 9.17) is 0 Å². The SMILES string of the molecule is CCCCC[N+](CCBr)(CCCC)CCCCC.[I-]. The van der Waals surface area contributed by atoms with Crippen molar-refractivity contribution in [1.82, 2.24) is 0 Å². The lowest BCUT2D eigenvalue weighted by molar-refractivity contribution is -0.926. The maximum absolute atomic E-state index is 3.68. The quantitative estimate of drug-likeness (QED) is 0.176. The van der Waals surface area contributed by atoms with Crippen LogP contribution < -0.4 is 24.0 Å². The Morgan fingerprint density at radius 2 is 1.05 bits per heavy atom. The first-order valence-corrected chi connectivity index (χ1v) is 9.27. The molecule has 0 radical (unpaired) electrons. The van der Waals surface area contributed by atoms with Crippen molar-refractivity contribution < 1.29 is 28.5 Å². The van der Waals surface area contributed by atoms with Crippen molar-refractivity contribution in [2.45, 2.75) is 72.1 Å². The summed E-state index contributed by atoms with van der Waals surface area (Å²) >= 11 is 3.68. The molecule has 0 fully saturated rings. The highest BCUT2D eigenvalue weighted by molar-refractivity contribution is 9.09. The van der Waals surface area contributed by atoms with E-state index in [0.717, 1.165) is 5.33 Å². The molecular formula is C16H35BrIN. The summed E-state index contributed by atoms with van der Waals surface area (Å²) in [5.41, 5.74) is 0. The fourth-order valence-corrected chi connectivity index (χ4v) is 3.49. The molecule has 0 amide bonds. The predicted molar refractivity (Wildman–Crippen MR) is 87.5 cm³/mol. The molecule has 0 aliphatic rings. The molecule has 0 atom stereocenters. The Hall–Kier alpha value is 1.17. The summed E-state index contributed by atoms with van der Waals surface area (Å²) in [5.74, 6) is 0. The minimum atomic E-state index is 0. The van der Waals surface area contributed by atoms with Gasteiger partial charge in [0, 0.05) is 0 Å². The molecule has 0 aliphatic heterocycles. The zero-order valence-corrected chi connectivity index (χ0v) is 17.1. The van der Waals surface area contributed by atoms with Gasteiger partial charge in [0.25, 0.3) is 0 Å². The van der Waals surface area contributed by atoms with Crippen LogP contribution in [0, 0.1) is 0 Å². The van der Waals surface area contributed by atoms with E-state index >= 15 is 0 Å². The van der Waals surface area contributed by atoms with Crippen molar-refractivity contribution in [3.63, 3.8) is 0 Å². The summed E-state index contributed by atoms with van der Waals surface area (Å²) in [5, 5.41) is 1.16. The first-order chi connectivity index (χ1) is 8.74. The van der Waals surface area contributed by atoms with Gasteiger partial charge in [-0.3, -0.25) is 0 Å². The van der Waals surface area contributed by atoms with E-state index in [0.29, 0.717) is 0 Å². The van der Waals surface area contributed by atoms with Crippen molar-refractivity contribution in [2.75, 3.05) is 31.5 Å². The van der Waals surface area contributed by atoms with Gasteiger partial charge in [-0.1, -0.05) is 56.0 Å². The van der Waals surface area contributed by atoms with Gasteiger partial charge in [0.15, 0.2) is 0 Å². The Labute approximate surface area is 147 Å². The molecule has 0 unspecified atom stereocenters. The molecule has 0 saturated carbocycles. The first kappa shape index (κ1) is 22.5. The molecule has 19 heavy (non-hydrogen) atoms. The summed E-state index contributed by atoms with van der Waals surface area (Å²) in [6.07, 6.45) is 11.1. The lowest BCUT2D eigenvalue weighted by atomic mass is 10.1. The van der Waals surface area contributed by atoms with Crippen LogP contribution in [0.2, 0.25) is 0 Å². The van der Waals surface area contributed by atoms with Crippen molar-refractivity contribution in [3.05, 3.63) is 0 Å². The van der Waals surface area contributed by atoms with Crippen molar-refractivity contribution in [2.24, 2.45) is 0 Å². The molecule has 0 bridgehead atoms. The van der Waals surface area contributed by atoms with Crippen LogP contribution in [-0.2, 0) is 0 Å². The molecule has 0 rings (SSSR count). The standard InChI is InChI=1S/C16H35BrN.HI/c1-4-7-10-14-18(16-12-17,13-9-6-3)15-11-8-5-2;/h4-16H2,1-3H3;1H/q+1;/p-1. The van der Waals surface area contributed by atoms with Crippen LogP contribution in [0.5, 0.6) is 0 Å². The third-order valence-electron chi connectivity index (χ3n) is 4.02. The summed E-state index contributed by atoms with van der Waals surface area (Å²) in [6, 6.07) is 0. The number of hydrogen-bond donors (Lipinski definition) is 0. The zero-order chi connectivity index (χ0) is 13.7. The van der Waals surface area contributed by atoms with E-state index in [1.807, 2.05) is 0 Å². The van der Waals surface area contributed by atoms with Crippen LogP contribution in [0.4, 0.5) is 0 Å².